The fraction of sp³-hybridized carbons (Fsp3) is 0.400. The SMILES string of the molecule is CC(C)Oc1ccc(-c2cnn(CCCO)c2)cc1. The Bertz CT molecular complexity index is 503. The van der Waals surface area contributed by atoms with E-state index in [1.165, 1.54) is 0 Å². The third-order valence-corrected chi connectivity index (χ3v) is 2.74. The van der Waals surface area contributed by atoms with Gasteiger partial charge in [0.15, 0.2) is 0 Å². The van der Waals surface area contributed by atoms with Crippen LogP contribution in [0, 0.1) is 0 Å². The number of aliphatic hydroxyl groups is 1. The molecule has 0 saturated carbocycles. The molecule has 4 nitrogen and oxygen atoms in total. The summed E-state index contributed by atoms with van der Waals surface area (Å²) in [6, 6.07) is 8.01. The molecule has 0 aliphatic heterocycles. The van der Waals surface area contributed by atoms with Gasteiger partial charge >= 0.3 is 0 Å². The van der Waals surface area contributed by atoms with Crippen LogP contribution in [0.1, 0.15) is 20.3 Å². The van der Waals surface area contributed by atoms with E-state index in [9.17, 15) is 0 Å². The Morgan fingerprint density at radius 2 is 1.95 bits per heavy atom. The molecule has 102 valence electrons. The number of rotatable bonds is 6. The molecule has 0 saturated heterocycles. The van der Waals surface area contributed by atoms with Crippen molar-refractivity contribution in [3.63, 3.8) is 0 Å². The zero-order chi connectivity index (χ0) is 13.7. The largest absolute Gasteiger partial charge is 0.491 e. The molecule has 2 rings (SSSR count). The predicted octanol–water partition coefficient (Wildman–Crippen LogP) is 2.72. The van der Waals surface area contributed by atoms with Crippen LogP contribution in [0.3, 0.4) is 0 Å². The van der Waals surface area contributed by atoms with Gasteiger partial charge in [-0.05, 0) is 38.0 Å². The number of hydrogen-bond donors (Lipinski definition) is 1. The van der Waals surface area contributed by atoms with Crippen LogP contribution in [0.2, 0.25) is 0 Å². The molecule has 1 N–H and O–H groups in total. The number of aliphatic hydroxyl groups excluding tert-OH is 1. The molecule has 1 aromatic heterocycles. The van der Waals surface area contributed by atoms with Crippen LogP contribution in [0.4, 0.5) is 0 Å². The summed E-state index contributed by atoms with van der Waals surface area (Å²) in [5, 5.41) is 13.1. The molecule has 0 fully saturated rings. The van der Waals surface area contributed by atoms with E-state index >= 15 is 0 Å². The first-order chi connectivity index (χ1) is 9.19. The maximum Gasteiger partial charge on any atom is 0.119 e. The molecule has 0 unspecified atom stereocenters. The Labute approximate surface area is 113 Å². The standard InChI is InChI=1S/C15H20N2O2/c1-12(2)19-15-6-4-13(5-7-15)14-10-16-17(11-14)8-3-9-18/h4-7,10-12,18H,3,8-9H2,1-2H3. The zero-order valence-corrected chi connectivity index (χ0v) is 11.4. The van der Waals surface area contributed by atoms with E-state index in [-0.39, 0.29) is 12.7 Å². The van der Waals surface area contributed by atoms with Crippen molar-refractivity contribution in [1.29, 1.82) is 0 Å². The van der Waals surface area contributed by atoms with Gasteiger partial charge in [-0.25, -0.2) is 0 Å². The monoisotopic (exact) mass is 260 g/mol. The minimum atomic E-state index is 0.187. The molecule has 0 spiro atoms. The molecule has 0 amide bonds. The second-order valence-corrected chi connectivity index (χ2v) is 4.76. The highest BCUT2D eigenvalue weighted by atomic mass is 16.5. The number of benzene rings is 1. The van der Waals surface area contributed by atoms with Crippen molar-refractivity contribution < 1.29 is 9.84 Å². The molecule has 0 aliphatic rings. The Hall–Kier alpha value is -1.81. The highest BCUT2D eigenvalue weighted by Gasteiger charge is 2.03. The van der Waals surface area contributed by atoms with Crippen LogP contribution in [-0.2, 0) is 6.54 Å². The Balaban J connectivity index is 2.07. The van der Waals surface area contributed by atoms with Crippen LogP contribution in [-0.4, -0.2) is 27.6 Å². The van der Waals surface area contributed by atoms with Gasteiger partial charge in [0.2, 0.25) is 0 Å². The van der Waals surface area contributed by atoms with Gasteiger partial charge in [-0.2, -0.15) is 5.10 Å². The van der Waals surface area contributed by atoms with Crippen LogP contribution in [0.15, 0.2) is 36.7 Å². The molecule has 0 aliphatic carbocycles. The second-order valence-electron chi connectivity index (χ2n) is 4.76. The Morgan fingerprint density at radius 1 is 1.21 bits per heavy atom. The summed E-state index contributed by atoms with van der Waals surface area (Å²) in [6.45, 7) is 4.96. The first kappa shape index (κ1) is 13.6. The topological polar surface area (TPSA) is 47.3 Å². The maximum atomic E-state index is 8.80. The summed E-state index contributed by atoms with van der Waals surface area (Å²) in [5.74, 6) is 0.881. The molecule has 0 radical (unpaired) electrons. The van der Waals surface area contributed by atoms with Gasteiger partial charge < -0.3 is 9.84 Å². The molecular weight excluding hydrogens is 240 g/mol. The smallest absolute Gasteiger partial charge is 0.119 e. The molecule has 0 atom stereocenters. The van der Waals surface area contributed by atoms with Gasteiger partial charge in [-0.1, -0.05) is 12.1 Å². The summed E-state index contributed by atoms with van der Waals surface area (Å²) in [7, 11) is 0. The van der Waals surface area contributed by atoms with Gasteiger partial charge in [0.25, 0.3) is 0 Å². The zero-order valence-electron chi connectivity index (χ0n) is 11.4. The minimum absolute atomic E-state index is 0.187. The quantitative estimate of drug-likeness (QED) is 0.868. The molecule has 4 heteroatoms. The lowest BCUT2D eigenvalue weighted by molar-refractivity contribution is 0.242. The second kappa shape index (κ2) is 6.38. The van der Waals surface area contributed by atoms with Crippen molar-refractivity contribution in [2.24, 2.45) is 0 Å². The summed E-state index contributed by atoms with van der Waals surface area (Å²) in [4.78, 5) is 0. The van der Waals surface area contributed by atoms with E-state index in [2.05, 4.69) is 5.10 Å². The molecule has 1 heterocycles. The van der Waals surface area contributed by atoms with Crippen molar-refractivity contribution in [3.05, 3.63) is 36.7 Å². The lowest BCUT2D eigenvalue weighted by Crippen LogP contribution is -2.05. The molecule has 19 heavy (non-hydrogen) atoms. The normalized spacial score (nSPS) is 10.9. The van der Waals surface area contributed by atoms with Crippen LogP contribution in [0.25, 0.3) is 11.1 Å². The highest BCUT2D eigenvalue weighted by Crippen LogP contribution is 2.22. The summed E-state index contributed by atoms with van der Waals surface area (Å²) in [6.07, 6.45) is 4.75. The van der Waals surface area contributed by atoms with E-state index in [0.717, 1.165) is 29.8 Å². The lowest BCUT2D eigenvalue weighted by Gasteiger charge is -2.09. The molecule has 0 bridgehead atoms. The molecule has 2 aromatic rings. The van der Waals surface area contributed by atoms with Crippen molar-refractivity contribution in [1.82, 2.24) is 9.78 Å². The molecule has 1 aromatic carbocycles. The van der Waals surface area contributed by atoms with Crippen LogP contribution in [0.5, 0.6) is 5.75 Å². The lowest BCUT2D eigenvalue weighted by atomic mass is 10.1. The van der Waals surface area contributed by atoms with Gasteiger partial charge in [0.05, 0.1) is 12.3 Å². The van der Waals surface area contributed by atoms with Gasteiger partial charge in [-0.3, -0.25) is 4.68 Å². The summed E-state index contributed by atoms with van der Waals surface area (Å²) < 4.78 is 7.47. The maximum absolute atomic E-state index is 8.80. The van der Waals surface area contributed by atoms with Crippen LogP contribution >= 0.6 is 0 Å². The van der Waals surface area contributed by atoms with Gasteiger partial charge in [0, 0.05) is 24.9 Å². The highest BCUT2D eigenvalue weighted by molar-refractivity contribution is 5.62. The minimum Gasteiger partial charge on any atom is -0.491 e. The average molecular weight is 260 g/mol. The van der Waals surface area contributed by atoms with Crippen LogP contribution < -0.4 is 4.74 Å². The van der Waals surface area contributed by atoms with Crippen molar-refractivity contribution >= 4 is 0 Å². The van der Waals surface area contributed by atoms with Gasteiger partial charge in [-0.15, -0.1) is 0 Å². The number of ether oxygens (including phenoxy) is 1. The Kier molecular flexibility index (Phi) is 4.58. The summed E-state index contributed by atoms with van der Waals surface area (Å²) in [5.41, 5.74) is 2.19. The van der Waals surface area contributed by atoms with E-state index in [1.54, 1.807) is 0 Å². The fourth-order valence-corrected chi connectivity index (χ4v) is 1.87. The fourth-order valence-electron chi connectivity index (χ4n) is 1.87. The van der Waals surface area contributed by atoms with Crippen molar-refractivity contribution in [2.75, 3.05) is 6.61 Å². The van der Waals surface area contributed by atoms with Crippen molar-refractivity contribution in [3.8, 4) is 16.9 Å². The number of nitrogens with zero attached hydrogens (tertiary/aromatic N) is 2. The van der Waals surface area contributed by atoms with E-state index in [4.69, 9.17) is 9.84 Å². The summed E-state index contributed by atoms with van der Waals surface area (Å²) >= 11 is 0. The number of aryl methyl sites for hydroxylation is 1. The number of aromatic nitrogens is 2. The first-order valence-corrected chi connectivity index (χ1v) is 6.59. The third kappa shape index (κ3) is 3.83. The average Bonchev–Trinajstić information content (AvgIpc) is 2.85. The van der Waals surface area contributed by atoms with E-state index in [1.807, 2.05) is 55.2 Å². The van der Waals surface area contributed by atoms with E-state index in [0.29, 0.717) is 0 Å². The predicted molar refractivity (Wildman–Crippen MR) is 75.1 cm³/mol. The Morgan fingerprint density at radius 3 is 2.58 bits per heavy atom. The van der Waals surface area contributed by atoms with Crippen molar-refractivity contribution in [2.45, 2.75) is 32.9 Å². The first-order valence-electron chi connectivity index (χ1n) is 6.59. The number of hydrogen-bond acceptors (Lipinski definition) is 3. The van der Waals surface area contributed by atoms with Gasteiger partial charge in [0.1, 0.15) is 5.75 Å². The third-order valence-electron chi connectivity index (χ3n) is 2.74. The van der Waals surface area contributed by atoms with E-state index < -0.39 is 0 Å². The molecular formula is C15H20N2O2.